The lowest BCUT2D eigenvalue weighted by atomic mass is 10.1. The van der Waals surface area contributed by atoms with Gasteiger partial charge in [-0.15, -0.1) is 0 Å². The second-order valence-corrected chi connectivity index (χ2v) is 5.56. The fourth-order valence-corrected chi connectivity index (χ4v) is 2.90. The summed E-state index contributed by atoms with van der Waals surface area (Å²) >= 11 is 0. The smallest absolute Gasteiger partial charge is 0.416 e. The van der Waals surface area contributed by atoms with E-state index >= 15 is 0 Å². The van der Waals surface area contributed by atoms with E-state index in [1.54, 1.807) is 0 Å². The van der Waals surface area contributed by atoms with Crippen LogP contribution >= 0.6 is 0 Å². The van der Waals surface area contributed by atoms with Gasteiger partial charge in [0.05, 0.1) is 5.56 Å². The van der Waals surface area contributed by atoms with Crippen molar-refractivity contribution in [3.05, 3.63) is 40.3 Å². The Morgan fingerprint density at radius 1 is 1.22 bits per heavy atom. The van der Waals surface area contributed by atoms with Crippen molar-refractivity contribution in [1.29, 1.82) is 0 Å². The SMILES string of the molecule is O=c1[nH]c(-c2cccc(C(F)(F)F)c2)c(O)n1C1CCNCC1. The molecule has 5 nitrogen and oxygen atoms in total. The Balaban J connectivity index is 2.03. The Kier molecular flexibility index (Phi) is 3.93. The van der Waals surface area contributed by atoms with Crippen molar-refractivity contribution in [1.82, 2.24) is 14.9 Å². The number of nitrogens with one attached hydrogen (secondary N) is 2. The van der Waals surface area contributed by atoms with Gasteiger partial charge in [0.1, 0.15) is 5.69 Å². The number of rotatable bonds is 2. The van der Waals surface area contributed by atoms with Crippen LogP contribution in [0.2, 0.25) is 0 Å². The third-order valence-electron chi connectivity index (χ3n) is 4.05. The molecule has 0 aliphatic carbocycles. The second-order valence-electron chi connectivity index (χ2n) is 5.56. The molecule has 0 bridgehead atoms. The van der Waals surface area contributed by atoms with Gasteiger partial charge in [-0.05, 0) is 38.1 Å². The maximum absolute atomic E-state index is 12.8. The zero-order valence-electron chi connectivity index (χ0n) is 12.2. The molecule has 23 heavy (non-hydrogen) atoms. The van der Waals surface area contributed by atoms with Crippen LogP contribution in [0, 0.1) is 0 Å². The Bertz CT molecular complexity index is 758. The number of piperidine rings is 1. The molecule has 1 fully saturated rings. The van der Waals surface area contributed by atoms with Gasteiger partial charge in [0.2, 0.25) is 5.88 Å². The lowest BCUT2D eigenvalue weighted by Crippen LogP contribution is -2.33. The molecule has 1 aliphatic rings. The average Bonchev–Trinajstić information content (AvgIpc) is 2.82. The van der Waals surface area contributed by atoms with Gasteiger partial charge in [-0.1, -0.05) is 12.1 Å². The summed E-state index contributed by atoms with van der Waals surface area (Å²) in [6.45, 7) is 1.45. The van der Waals surface area contributed by atoms with Gasteiger partial charge in [0.15, 0.2) is 0 Å². The van der Waals surface area contributed by atoms with Crippen LogP contribution in [-0.4, -0.2) is 27.7 Å². The number of H-pyrrole nitrogens is 1. The van der Waals surface area contributed by atoms with Gasteiger partial charge in [0, 0.05) is 11.6 Å². The van der Waals surface area contributed by atoms with Crippen molar-refractivity contribution >= 4 is 0 Å². The zero-order chi connectivity index (χ0) is 16.6. The van der Waals surface area contributed by atoms with E-state index in [0.717, 1.165) is 25.2 Å². The Labute approximate surface area is 129 Å². The van der Waals surface area contributed by atoms with Gasteiger partial charge < -0.3 is 15.4 Å². The van der Waals surface area contributed by atoms with E-state index in [4.69, 9.17) is 0 Å². The molecule has 0 radical (unpaired) electrons. The van der Waals surface area contributed by atoms with Crippen LogP contribution in [0.15, 0.2) is 29.1 Å². The predicted molar refractivity (Wildman–Crippen MR) is 78.3 cm³/mol. The summed E-state index contributed by atoms with van der Waals surface area (Å²) in [6.07, 6.45) is -3.13. The third-order valence-corrected chi connectivity index (χ3v) is 4.05. The largest absolute Gasteiger partial charge is 0.493 e. The monoisotopic (exact) mass is 327 g/mol. The van der Waals surface area contributed by atoms with Crippen LogP contribution in [0.25, 0.3) is 11.3 Å². The van der Waals surface area contributed by atoms with Crippen molar-refractivity contribution in [3.8, 4) is 17.1 Å². The van der Waals surface area contributed by atoms with Crippen LogP contribution in [0.3, 0.4) is 0 Å². The molecule has 1 aromatic carbocycles. The van der Waals surface area contributed by atoms with Crippen LogP contribution in [0.1, 0.15) is 24.4 Å². The van der Waals surface area contributed by atoms with Crippen LogP contribution in [0.5, 0.6) is 5.88 Å². The quantitative estimate of drug-likeness (QED) is 0.794. The fourth-order valence-electron chi connectivity index (χ4n) is 2.90. The minimum absolute atomic E-state index is 0.0135. The molecule has 1 saturated heterocycles. The summed E-state index contributed by atoms with van der Waals surface area (Å²) < 4.78 is 39.7. The highest BCUT2D eigenvalue weighted by molar-refractivity contribution is 5.65. The van der Waals surface area contributed by atoms with E-state index in [1.807, 2.05) is 0 Å². The summed E-state index contributed by atoms with van der Waals surface area (Å²) in [4.78, 5) is 14.6. The molecular formula is C15H16F3N3O2. The highest BCUT2D eigenvalue weighted by Crippen LogP contribution is 2.35. The average molecular weight is 327 g/mol. The minimum atomic E-state index is -4.48. The molecule has 0 unspecified atom stereocenters. The summed E-state index contributed by atoms with van der Waals surface area (Å²) in [7, 11) is 0. The molecule has 0 amide bonds. The Morgan fingerprint density at radius 3 is 2.57 bits per heavy atom. The molecular weight excluding hydrogens is 311 g/mol. The first-order valence-corrected chi connectivity index (χ1v) is 7.30. The first kappa shape index (κ1) is 15.7. The predicted octanol–water partition coefficient (Wildman–Crippen LogP) is 2.49. The summed E-state index contributed by atoms with van der Waals surface area (Å²) in [6, 6.07) is 4.37. The van der Waals surface area contributed by atoms with E-state index in [1.165, 1.54) is 16.7 Å². The lowest BCUT2D eigenvalue weighted by Gasteiger charge is -2.23. The maximum Gasteiger partial charge on any atom is 0.416 e. The van der Waals surface area contributed by atoms with E-state index < -0.39 is 17.4 Å². The van der Waals surface area contributed by atoms with Gasteiger partial charge in [-0.3, -0.25) is 4.57 Å². The molecule has 124 valence electrons. The fraction of sp³-hybridized carbons (Fsp3) is 0.400. The summed E-state index contributed by atoms with van der Waals surface area (Å²) in [5.41, 5.74) is -1.20. The Morgan fingerprint density at radius 2 is 1.91 bits per heavy atom. The van der Waals surface area contributed by atoms with E-state index in [0.29, 0.717) is 12.8 Å². The van der Waals surface area contributed by atoms with Gasteiger partial charge in [-0.25, -0.2) is 4.79 Å². The highest BCUT2D eigenvalue weighted by Gasteiger charge is 2.31. The number of aromatic amines is 1. The topological polar surface area (TPSA) is 70.0 Å². The summed E-state index contributed by atoms with van der Waals surface area (Å²) in [5.74, 6) is -0.318. The number of aromatic nitrogens is 2. The lowest BCUT2D eigenvalue weighted by molar-refractivity contribution is -0.137. The zero-order valence-corrected chi connectivity index (χ0v) is 12.2. The number of benzene rings is 1. The minimum Gasteiger partial charge on any atom is -0.493 e. The van der Waals surface area contributed by atoms with Crippen LogP contribution in [0.4, 0.5) is 13.2 Å². The van der Waals surface area contributed by atoms with Crippen LogP contribution < -0.4 is 11.0 Å². The molecule has 8 heteroatoms. The third kappa shape index (κ3) is 2.98. The number of hydrogen-bond acceptors (Lipinski definition) is 3. The van der Waals surface area contributed by atoms with Gasteiger partial charge in [-0.2, -0.15) is 13.2 Å². The number of imidazole rings is 1. The van der Waals surface area contributed by atoms with Crippen LogP contribution in [-0.2, 0) is 6.18 Å². The molecule has 1 aromatic heterocycles. The first-order chi connectivity index (χ1) is 10.9. The van der Waals surface area contributed by atoms with Crippen molar-refractivity contribution in [3.63, 3.8) is 0 Å². The molecule has 0 saturated carbocycles. The van der Waals surface area contributed by atoms with Crippen molar-refractivity contribution in [2.45, 2.75) is 25.1 Å². The summed E-state index contributed by atoms with van der Waals surface area (Å²) in [5, 5.41) is 13.5. The molecule has 0 spiro atoms. The van der Waals surface area contributed by atoms with Gasteiger partial charge in [0.25, 0.3) is 0 Å². The van der Waals surface area contributed by atoms with Crippen molar-refractivity contribution in [2.75, 3.05) is 13.1 Å². The van der Waals surface area contributed by atoms with Crippen molar-refractivity contribution < 1.29 is 18.3 Å². The number of halogens is 3. The Hall–Kier alpha value is -2.22. The van der Waals surface area contributed by atoms with E-state index in [2.05, 4.69) is 10.3 Å². The normalized spacial score (nSPS) is 16.7. The molecule has 2 aromatic rings. The highest BCUT2D eigenvalue weighted by atomic mass is 19.4. The second kappa shape index (κ2) is 5.77. The number of hydrogen-bond donors (Lipinski definition) is 3. The number of aromatic hydroxyl groups is 1. The maximum atomic E-state index is 12.8. The van der Waals surface area contributed by atoms with E-state index in [9.17, 15) is 23.1 Å². The van der Waals surface area contributed by atoms with Gasteiger partial charge >= 0.3 is 11.9 Å². The number of nitrogens with zero attached hydrogens (tertiary/aromatic N) is 1. The first-order valence-electron chi connectivity index (χ1n) is 7.30. The molecule has 2 heterocycles. The van der Waals surface area contributed by atoms with E-state index in [-0.39, 0.29) is 23.2 Å². The molecule has 3 N–H and O–H groups in total. The van der Waals surface area contributed by atoms with Crippen molar-refractivity contribution in [2.24, 2.45) is 0 Å². The molecule has 0 atom stereocenters. The molecule has 3 rings (SSSR count). The molecule has 1 aliphatic heterocycles. The standard InChI is InChI=1S/C15H16F3N3O2/c16-15(17,18)10-3-1-2-9(8-10)12-13(22)21(14(23)20-12)11-4-6-19-7-5-11/h1-3,8,11,19,22H,4-7H2,(H,20,23). The number of alkyl halides is 3.